The number of benzene rings is 2. The molecule has 0 aromatic heterocycles. The van der Waals surface area contributed by atoms with Crippen molar-refractivity contribution in [3.05, 3.63) is 68.4 Å². The summed E-state index contributed by atoms with van der Waals surface area (Å²) in [5, 5.41) is 3.66. The van der Waals surface area contributed by atoms with E-state index in [1.807, 2.05) is 12.1 Å². The van der Waals surface area contributed by atoms with Crippen molar-refractivity contribution in [3.63, 3.8) is 0 Å². The summed E-state index contributed by atoms with van der Waals surface area (Å²) in [6, 6.07) is 11.3. The van der Waals surface area contributed by atoms with Gasteiger partial charge in [0.25, 0.3) is 0 Å². The van der Waals surface area contributed by atoms with Crippen molar-refractivity contribution in [3.8, 4) is 0 Å². The molecule has 2 aromatic carbocycles. The lowest BCUT2D eigenvalue weighted by Crippen LogP contribution is -2.23. The zero-order valence-electron chi connectivity index (χ0n) is 12.1. The number of halogens is 3. The van der Waals surface area contributed by atoms with E-state index in [1.54, 1.807) is 6.07 Å². The fraction of sp³-hybridized carbons (Fsp3) is 0.294. The van der Waals surface area contributed by atoms with Crippen LogP contribution >= 0.6 is 27.5 Å². The van der Waals surface area contributed by atoms with Crippen LogP contribution < -0.4 is 5.32 Å². The second kappa shape index (κ2) is 7.39. The minimum Gasteiger partial charge on any atom is -0.310 e. The highest BCUT2D eigenvalue weighted by atomic mass is 79.9. The number of rotatable bonds is 5. The third-order valence-electron chi connectivity index (χ3n) is 3.49. The molecule has 0 heterocycles. The van der Waals surface area contributed by atoms with E-state index in [1.165, 1.54) is 17.2 Å². The van der Waals surface area contributed by atoms with Crippen molar-refractivity contribution >= 4 is 27.5 Å². The van der Waals surface area contributed by atoms with E-state index < -0.39 is 0 Å². The molecule has 1 nitrogen and oxygen atoms in total. The van der Waals surface area contributed by atoms with E-state index in [9.17, 15) is 4.39 Å². The van der Waals surface area contributed by atoms with Gasteiger partial charge < -0.3 is 5.32 Å². The molecule has 2 aromatic rings. The first-order valence-corrected chi connectivity index (χ1v) is 8.12. The molecule has 0 radical (unpaired) electrons. The predicted molar refractivity (Wildman–Crippen MR) is 90.4 cm³/mol. The normalized spacial score (nSPS) is 12.4. The molecule has 0 fully saturated rings. The van der Waals surface area contributed by atoms with Crippen LogP contribution in [0.2, 0.25) is 5.02 Å². The van der Waals surface area contributed by atoms with E-state index >= 15 is 0 Å². The van der Waals surface area contributed by atoms with Crippen LogP contribution in [-0.4, -0.2) is 6.54 Å². The highest BCUT2D eigenvalue weighted by Gasteiger charge is 2.15. The average Bonchev–Trinajstić information content (AvgIpc) is 2.46. The summed E-state index contributed by atoms with van der Waals surface area (Å²) in [4.78, 5) is 0. The molecule has 21 heavy (non-hydrogen) atoms. The van der Waals surface area contributed by atoms with Crippen molar-refractivity contribution < 1.29 is 4.39 Å². The number of hydrogen-bond donors (Lipinski definition) is 1. The van der Waals surface area contributed by atoms with Crippen LogP contribution in [0.4, 0.5) is 4.39 Å². The molecule has 0 amide bonds. The molecule has 1 atom stereocenters. The minimum atomic E-state index is -0.364. The van der Waals surface area contributed by atoms with E-state index in [0.29, 0.717) is 6.42 Å². The van der Waals surface area contributed by atoms with Crippen LogP contribution in [0.1, 0.15) is 29.7 Å². The first-order valence-electron chi connectivity index (χ1n) is 6.95. The standard InChI is InChI=1S/C17H18BrClFN/c1-3-21-16(12-7-8-14(18)11(2)9-12)10-13-5-4-6-15(20)17(13)19/h4-9,16,21H,3,10H2,1-2H3. The van der Waals surface area contributed by atoms with Gasteiger partial charge in [-0.2, -0.15) is 0 Å². The smallest absolute Gasteiger partial charge is 0.142 e. The second-order valence-electron chi connectivity index (χ2n) is 5.04. The van der Waals surface area contributed by atoms with Gasteiger partial charge in [0.1, 0.15) is 5.82 Å². The third kappa shape index (κ3) is 4.06. The van der Waals surface area contributed by atoms with Gasteiger partial charge in [-0.3, -0.25) is 0 Å². The van der Waals surface area contributed by atoms with E-state index in [0.717, 1.165) is 16.6 Å². The molecule has 2 rings (SSSR count). The fourth-order valence-corrected chi connectivity index (χ4v) is 2.81. The van der Waals surface area contributed by atoms with Gasteiger partial charge in [-0.05, 0) is 48.7 Å². The van der Waals surface area contributed by atoms with Crippen LogP contribution in [0, 0.1) is 12.7 Å². The van der Waals surface area contributed by atoms with Crippen molar-refractivity contribution in [1.29, 1.82) is 0 Å². The Morgan fingerprint density at radius 3 is 2.71 bits per heavy atom. The molecular weight excluding hydrogens is 353 g/mol. The maximum atomic E-state index is 13.6. The first-order chi connectivity index (χ1) is 10.0. The molecular formula is C17H18BrClFN. The molecule has 1 unspecified atom stereocenters. The molecule has 0 spiro atoms. The Morgan fingerprint density at radius 2 is 2.05 bits per heavy atom. The average molecular weight is 371 g/mol. The minimum absolute atomic E-state index is 0.112. The molecule has 0 bridgehead atoms. The third-order valence-corrected chi connectivity index (χ3v) is 4.80. The summed E-state index contributed by atoms with van der Waals surface area (Å²) in [5.41, 5.74) is 3.18. The van der Waals surface area contributed by atoms with E-state index in [4.69, 9.17) is 11.6 Å². The van der Waals surface area contributed by atoms with Gasteiger partial charge in [0, 0.05) is 10.5 Å². The maximum absolute atomic E-state index is 13.6. The van der Waals surface area contributed by atoms with Gasteiger partial charge >= 0.3 is 0 Å². The Hall–Kier alpha value is -0.900. The molecule has 4 heteroatoms. The van der Waals surface area contributed by atoms with E-state index in [-0.39, 0.29) is 16.9 Å². The summed E-state index contributed by atoms with van der Waals surface area (Å²) in [7, 11) is 0. The molecule has 0 saturated heterocycles. The van der Waals surface area contributed by atoms with Crippen molar-refractivity contribution in [2.75, 3.05) is 6.54 Å². The van der Waals surface area contributed by atoms with Crippen LogP contribution in [-0.2, 0) is 6.42 Å². The SMILES string of the molecule is CCNC(Cc1cccc(F)c1Cl)c1ccc(Br)c(C)c1. The highest BCUT2D eigenvalue weighted by Crippen LogP contribution is 2.27. The zero-order chi connectivity index (χ0) is 15.4. The van der Waals surface area contributed by atoms with Crippen molar-refractivity contribution in [2.24, 2.45) is 0 Å². The molecule has 0 saturated carbocycles. The summed E-state index contributed by atoms with van der Waals surface area (Å²) >= 11 is 9.59. The summed E-state index contributed by atoms with van der Waals surface area (Å²) in [6.45, 7) is 4.96. The van der Waals surface area contributed by atoms with Gasteiger partial charge in [0.05, 0.1) is 5.02 Å². The van der Waals surface area contributed by atoms with Gasteiger partial charge in [-0.15, -0.1) is 0 Å². The van der Waals surface area contributed by atoms with Crippen molar-refractivity contribution in [2.45, 2.75) is 26.3 Å². The maximum Gasteiger partial charge on any atom is 0.142 e. The predicted octanol–water partition coefficient (Wildman–Crippen LogP) is 5.44. The Labute approximate surface area is 138 Å². The Balaban J connectivity index is 2.30. The Bertz CT molecular complexity index is 630. The Morgan fingerprint density at radius 1 is 1.29 bits per heavy atom. The molecule has 0 aliphatic rings. The largest absolute Gasteiger partial charge is 0.310 e. The van der Waals surface area contributed by atoms with Crippen LogP contribution in [0.25, 0.3) is 0 Å². The Kier molecular flexibility index (Phi) is 5.80. The lowest BCUT2D eigenvalue weighted by atomic mass is 9.97. The van der Waals surface area contributed by atoms with Gasteiger partial charge in [-0.1, -0.05) is 58.7 Å². The number of nitrogens with one attached hydrogen (secondary N) is 1. The molecule has 112 valence electrons. The van der Waals surface area contributed by atoms with E-state index in [2.05, 4.69) is 47.2 Å². The fourth-order valence-electron chi connectivity index (χ4n) is 2.36. The second-order valence-corrected chi connectivity index (χ2v) is 6.27. The van der Waals surface area contributed by atoms with Crippen LogP contribution in [0.15, 0.2) is 40.9 Å². The van der Waals surface area contributed by atoms with Crippen LogP contribution in [0.3, 0.4) is 0 Å². The quantitative estimate of drug-likeness (QED) is 0.738. The lowest BCUT2D eigenvalue weighted by molar-refractivity contribution is 0.546. The highest BCUT2D eigenvalue weighted by molar-refractivity contribution is 9.10. The first kappa shape index (κ1) is 16.5. The summed E-state index contributed by atoms with van der Waals surface area (Å²) < 4.78 is 14.7. The monoisotopic (exact) mass is 369 g/mol. The number of hydrogen-bond acceptors (Lipinski definition) is 1. The van der Waals surface area contributed by atoms with Gasteiger partial charge in [0.2, 0.25) is 0 Å². The number of aryl methyl sites for hydroxylation is 1. The summed E-state index contributed by atoms with van der Waals surface area (Å²) in [6.07, 6.45) is 0.658. The summed E-state index contributed by atoms with van der Waals surface area (Å²) in [5.74, 6) is -0.364. The molecule has 0 aliphatic heterocycles. The van der Waals surface area contributed by atoms with Crippen molar-refractivity contribution in [1.82, 2.24) is 5.32 Å². The topological polar surface area (TPSA) is 12.0 Å². The molecule has 0 aliphatic carbocycles. The number of likely N-dealkylation sites (N-methyl/N-ethyl adjacent to an activating group) is 1. The lowest BCUT2D eigenvalue weighted by Gasteiger charge is -2.20. The molecule has 1 N–H and O–H groups in total. The van der Waals surface area contributed by atoms with Crippen LogP contribution in [0.5, 0.6) is 0 Å². The van der Waals surface area contributed by atoms with Gasteiger partial charge in [-0.25, -0.2) is 4.39 Å². The zero-order valence-corrected chi connectivity index (χ0v) is 14.4. The van der Waals surface area contributed by atoms with Gasteiger partial charge in [0.15, 0.2) is 0 Å².